The van der Waals surface area contributed by atoms with Gasteiger partial charge in [0.2, 0.25) is 0 Å². The SMILES string of the molecule is CSC(SC)=C(C(=O)c1ccc(F)cc1)c1ccncc1. The first-order chi connectivity index (χ1) is 10.2. The summed E-state index contributed by atoms with van der Waals surface area (Å²) in [5.41, 5.74) is 1.92. The van der Waals surface area contributed by atoms with Gasteiger partial charge in [-0.2, -0.15) is 0 Å². The summed E-state index contributed by atoms with van der Waals surface area (Å²) in [4.78, 5) is 16.8. The van der Waals surface area contributed by atoms with Crippen LogP contribution >= 0.6 is 23.5 Å². The number of halogens is 1. The Morgan fingerprint density at radius 3 is 2.05 bits per heavy atom. The molecule has 1 aromatic heterocycles. The molecule has 0 aliphatic carbocycles. The molecule has 0 saturated carbocycles. The molecule has 0 unspecified atom stereocenters. The van der Waals surface area contributed by atoms with E-state index in [0.717, 1.165) is 9.80 Å². The number of benzene rings is 1. The molecule has 0 aliphatic heterocycles. The van der Waals surface area contributed by atoms with Crippen LogP contribution in [-0.4, -0.2) is 23.3 Å². The molecule has 21 heavy (non-hydrogen) atoms. The average molecular weight is 319 g/mol. The fourth-order valence-electron chi connectivity index (χ4n) is 1.89. The van der Waals surface area contributed by atoms with Gasteiger partial charge in [0.05, 0.1) is 4.24 Å². The van der Waals surface area contributed by atoms with E-state index in [1.165, 1.54) is 47.8 Å². The summed E-state index contributed by atoms with van der Waals surface area (Å²) in [5, 5.41) is 0. The quantitative estimate of drug-likeness (QED) is 0.599. The van der Waals surface area contributed by atoms with Crippen LogP contribution in [0.2, 0.25) is 0 Å². The van der Waals surface area contributed by atoms with E-state index in [0.29, 0.717) is 11.1 Å². The number of hydrogen-bond acceptors (Lipinski definition) is 4. The smallest absolute Gasteiger partial charge is 0.195 e. The molecule has 0 saturated heterocycles. The van der Waals surface area contributed by atoms with Gasteiger partial charge in [0.1, 0.15) is 5.82 Å². The van der Waals surface area contributed by atoms with Crippen LogP contribution in [0.5, 0.6) is 0 Å². The highest BCUT2D eigenvalue weighted by molar-refractivity contribution is 8.22. The van der Waals surface area contributed by atoms with Crippen molar-refractivity contribution in [3.63, 3.8) is 0 Å². The van der Waals surface area contributed by atoms with Gasteiger partial charge >= 0.3 is 0 Å². The Bertz CT molecular complexity index is 648. The summed E-state index contributed by atoms with van der Waals surface area (Å²) in [6, 6.07) is 9.24. The third-order valence-corrected chi connectivity index (χ3v) is 5.03. The molecular formula is C16H14FNOS2. The Labute approximate surface area is 131 Å². The number of carbonyl (C=O) groups is 1. The predicted octanol–water partition coefficient (Wildman–Crippen LogP) is 4.50. The molecule has 5 heteroatoms. The highest BCUT2D eigenvalue weighted by Crippen LogP contribution is 2.34. The van der Waals surface area contributed by atoms with E-state index in [2.05, 4.69) is 4.98 Å². The molecule has 0 bridgehead atoms. The molecule has 0 N–H and O–H groups in total. The summed E-state index contributed by atoms with van der Waals surface area (Å²) >= 11 is 3.05. The molecule has 2 aromatic rings. The largest absolute Gasteiger partial charge is 0.289 e. The maximum Gasteiger partial charge on any atom is 0.195 e. The lowest BCUT2D eigenvalue weighted by Crippen LogP contribution is -2.04. The summed E-state index contributed by atoms with van der Waals surface area (Å²) in [6.07, 6.45) is 7.19. The van der Waals surface area contributed by atoms with Gasteiger partial charge in [-0.05, 0) is 54.5 Å². The van der Waals surface area contributed by atoms with Crippen molar-refractivity contribution in [3.05, 3.63) is 70.0 Å². The number of Topliss-reactive ketones (excluding diaryl/α,β-unsaturated/α-hetero) is 1. The number of pyridine rings is 1. The summed E-state index contributed by atoms with van der Waals surface area (Å²) in [7, 11) is 0. The highest BCUT2D eigenvalue weighted by Gasteiger charge is 2.19. The minimum absolute atomic E-state index is 0.111. The fraction of sp³-hybridized carbons (Fsp3) is 0.125. The van der Waals surface area contributed by atoms with Crippen molar-refractivity contribution >= 4 is 34.9 Å². The lowest BCUT2D eigenvalue weighted by molar-refractivity contribution is 0.105. The van der Waals surface area contributed by atoms with Gasteiger partial charge < -0.3 is 0 Å². The molecule has 2 rings (SSSR count). The summed E-state index contributed by atoms with van der Waals surface area (Å²) < 4.78 is 14.0. The van der Waals surface area contributed by atoms with Crippen molar-refractivity contribution in [3.8, 4) is 0 Å². The van der Waals surface area contributed by atoms with Crippen LogP contribution in [0.3, 0.4) is 0 Å². The Kier molecular flexibility index (Phi) is 5.59. The van der Waals surface area contributed by atoms with Gasteiger partial charge in [-0.1, -0.05) is 0 Å². The summed E-state index contributed by atoms with van der Waals surface area (Å²) in [5.74, 6) is -0.462. The van der Waals surface area contributed by atoms with E-state index >= 15 is 0 Å². The van der Waals surface area contributed by atoms with Crippen LogP contribution in [0.1, 0.15) is 15.9 Å². The summed E-state index contributed by atoms with van der Waals surface area (Å²) in [6.45, 7) is 0. The average Bonchev–Trinajstić information content (AvgIpc) is 2.53. The van der Waals surface area contributed by atoms with Crippen molar-refractivity contribution in [2.45, 2.75) is 0 Å². The zero-order chi connectivity index (χ0) is 15.2. The van der Waals surface area contributed by atoms with Gasteiger partial charge in [-0.25, -0.2) is 4.39 Å². The van der Waals surface area contributed by atoms with Gasteiger partial charge in [0, 0.05) is 23.5 Å². The first-order valence-electron chi connectivity index (χ1n) is 6.20. The maximum atomic E-state index is 13.0. The van der Waals surface area contributed by atoms with Crippen LogP contribution in [0, 0.1) is 5.82 Å². The monoisotopic (exact) mass is 319 g/mol. The Hall–Kier alpha value is -1.59. The number of nitrogens with zero attached hydrogens (tertiary/aromatic N) is 1. The van der Waals surface area contributed by atoms with Crippen molar-refractivity contribution in [2.24, 2.45) is 0 Å². The van der Waals surface area contributed by atoms with Crippen molar-refractivity contribution in [2.75, 3.05) is 12.5 Å². The molecule has 2 nitrogen and oxygen atoms in total. The van der Waals surface area contributed by atoms with Crippen molar-refractivity contribution in [1.29, 1.82) is 0 Å². The van der Waals surface area contributed by atoms with Crippen molar-refractivity contribution in [1.82, 2.24) is 4.98 Å². The normalized spacial score (nSPS) is 10.2. The minimum Gasteiger partial charge on any atom is -0.289 e. The van der Waals surface area contributed by atoms with E-state index in [-0.39, 0.29) is 11.6 Å². The minimum atomic E-state index is -0.351. The number of ketones is 1. The molecule has 0 amide bonds. The van der Waals surface area contributed by atoms with Crippen LogP contribution in [0.4, 0.5) is 4.39 Å². The molecule has 1 heterocycles. The molecule has 108 valence electrons. The maximum absolute atomic E-state index is 13.0. The number of rotatable bonds is 5. The molecule has 0 spiro atoms. The van der Waals surface area contributed by atoms with E-state index in [4.69, 9.17) is 0 Å². The van der Waals surface area contributed by atoms with Crippen LogP contribution < -0.4 is 0 Å². The van der Waals surface area contributed by atoms with E-state index in [1.807, 2.05) is 24.6 Å². The Balaban J connectivity index is 2.53. The molecule has 0 fully saturated rings. The third-order valence-electron chi connectivity index (χ3n) is 2.88. The third kappa shape index (κ3) is 3.74. The molecular weight excluding hydrogens is 305 g/mol. The predicted molar refractivity (Wildman–Crippen MR) is 88.9 cm³/mol. The second-order valence-corrected chi connectivity index (χ2v) is 6.03. The zero-order valence-electron chi connectivity index (χ0n) is 11.7. The highest BCUT2D eigenvalue weighted by atomic mass is 32.2. The number of allylic oxidation sites excluding steroid dienone is 1. The first-order valence-corrected chi connectivity index (χ1v) is 8.65. The van der Waals surface area contributed by atoms with Crippen LogP contribution in [0.25, 0.3) is 5.57 Å². The second kappa shape index (κ2) is 7.43. The lowest BCUT2D eigenvalue weighted by atomic mass is 9.99. The fourth-order valence-corrected chi connectivity index (χ4v) is 3.39. The van der Waals surface area contributed by atoms with Gasteiger partial charge in [0.15, 0.2) is 5.78 Å². The Morgan fingerprint density at radius 1 is 0.952 bits per heavy atom. The number of aromatic nitrogens is 1. The Morgan fingerprint density at radius 2 is 1.52 bits per heavy atom. The molecule has 0 radical (unpaired) electrons. The molecule has 0 atom stereocenters. The first kappa shape index (κ1) is 15.8. The van der Waals surface area contributed by atoms with Crippen LogP contribution in [-0.2, 0) is 0 Å². The topological polar surface area (TPSA) is 30.0 Å². The van der Waals surface area contributed by atoms with E-state index < -0.39 is 0 Å². The van der Waals surface area contributed by atoms with E-state index in [9.17, 15) is 9.18 Å². The standard InChI is InChI=1S/C16H14FNOS2/c1-20-16(21-2)14(11-7-9-18-10-8-11)15(19)12-3-5-13(17)6-4-12/h3-10H,1-2H3. The number of carbonyl (C=O) groups excluding carboxylic acids is 1. The van der Waals surface area contributed by atoms with Crippen LogP contribution in [0.15, 0.2) is 53.0 Å². The lowest BCUT2D eigenvalue weighted by Gasteiger charge is -2.11. The second-order valence-electron chi connectivity index (χ2n) is 4.14. The number of thioether (sulfide) groups is 2. The zero-order valence-corrected chi connectivity index (χ0v) is 13.3. The molecule has 0 aliphatic rings. The van der Waals surface area contributed by atoms with Gasteiger partial charge in [0.25, 0.3) is 0 Å². The van der Waals surface area contributed by atoms with E-state index in [1.54, 1.807) is 12.4 Å². The van der Waals surface area contributed by atoms with Gasteiger partial charge in [-0.3, -0.25) is 9.78 Å². The number of hydrogen-bond donors (Lipinski definition) is 0. The molecule has 1 aromatic carbocycles. The van der Waals surface area contributed by atoms with Crippen molar-refractivity contribution < 1.29 is 9.18 Å². The van der Waals surface area contributed by atoms with Gasteiger partial charge in [-0.15, -0.1) is 23.5 Å².